The summed E-state index contributed by atoms with van der Waals surface area (Å²) in [4.78, 5) is 23.5. The molecule has 0 atom stereocenters. The van der Waals surface area contributed by atoms with Gasteiger partial charge in [0, 0.05) is 30.2 Å². The number of fused-ring (bicyclic) bond motifs is 1. The van der Waals surface area contributed by atoms with Gasteiger partial charge in [-0.3, -0.25) is 4.79 Å². The second-order valence-corrected chi connectivity index (χ2v) is 6.67. The molecule has 1 saturated heterocycles. The first kappa shape index (κ1) is 14.3. The zero-order chi connectivity index (χ0) is 15.6. The molecule has 4 nitrogen and oxygen atoms in total. The Balaban J connectivity index is 1.79. The number of para-hydroxylation sites is 1. The Labute approximate surface area is 138 Å². The number of pyridine rings is 1. The van der Waals surface area contributed by atoms with Gasteiger partial charge >= 0.3 is 0 Å². The van der Waals surface area contributed by atoms with E-state index in [9.17, 15) is 4.79 Å². The molecule has 2 aromatic heterocycles. The van der Waals surface area contributed by atoms with Crippen LogP contribution in [0.5, 0.6) is 0 Å². The van der Waals surface area contributed by atoms with E-state index in [0.29, 0.717) is 5.69 Å². The predicted molar refractivity (Wildman–Crippen MR) is 91.8 cm³/mol. The largest absolute Gasteiger partial charge is 0.350 e. The fraction of sp³-hybridized carbons (Fsp3) is 0.222. The van der Waals surface area contributed by atoms with Gasteiger partial charge in [0.15, 0.2) is 0 Å². The molecule has 0 bridgehead atoms. The molecule has 0 aliphatic carbocycles. The average Bonchev–Trinajstić information content (AvgIpc) is 3.24. The number of aromatic nitrogens is 2. The van der Waals surface area contributed by atoms with E-state index < -0.39 is 0 Å². The quantitative estimate of drug-likeness (QED) is 0.794. The number of carbonyl (C=O) groups excluding carboxylic acids is 1. The summed E-state index contributed by atoms with van der Waals surface area (Å²) in [5.41, 5.74) is 1.68. The molecule has 116 valence electrons. The first-order valence-corrected chi connectivity index (χ1v) is 8.63. The van der Waals surface area contributed by atoms with Crippen LogP contribution in [0.4, 0.5) is 0 Å². The second kappa shape index (κ2) is 6.08. The molecular weight excluding hydrogens is 306 g/mol. The third-order valence-electron chi connectivity index (χ3n) is 4.11. The summed E-state index contributed by atoms with van der Waals surface area (Å²) in [5, 5.41) is 1.97. The number of hydrogen-bond acceptors (Lipinski definition) is 3. The van der Waals surface area contributed by atoms with Crippen LogP contribution in [0.3, 0.4) is 0 Å². The van der Waals surface area contributed by atoms with E-state index in [-0.39, 0.29) is 5.91 Å². The standard InChI is InChI=1S/C18H17N3OS/c22-18(21-11-5-6-12-21)16-17(23-15-9-3-4-10-19-15)13-7-1-2-8-14(13)20-16/h1-4,7-10,20H,5-6,11-12H2. The Bertz CT molecular complexity index is 838. The second-order valence-electron chi connectivity index (χ2n) is 5.64. The molecule has 0 saturated carbocycles. The number of nitrogens with zero attached hydrogens (tertiary/aromatic N) is 2. The van der Waals surface area contributed by atoms with E-state index in [1.165, 1.54) is 0 Å². The minimum atomic E-state index is 0.0946. The van der Waals surface area contributed by atoms with Crippen LogP contribution in [-0.2, 0) is 0 Å². The minimum absolute atomic E-state index is 0.0946. The highest BCUT2D eigenvalue weighted by molar-refractivity contribution is 7.99. The van der Waals surface area contributed by atoms with Crippen LogP contribution in [0, 0.1) is 0 Å². The van der Waals surface area contributed by atoms with Crippen molar-refractivity contribution < 1.29 is 4.79 Å². The lowest BCUT2D eigenvalue weighted by Crippen LogP contribution is -2.28. The van der Waals surface area contributed by atoms with Crippen LogP contribution in [0.25, 0.3) is 10.9 Å². The van der Waals surface area contributed by atoms with E-state index in [1.54, 1.807) is 18.0 Å². The first-order valence-electron chi connectivity index (χ1n) is 7.82. The molecule has 23 heavy (non-hydrogen) atoms. The number of benzene rings is 1. The van der Waals surface area contributed by atoms with Crippen LogP contribution in [0.15, 0.2) is 58.6 Å². The van der Waals surface area contributed by atoms with E-state index in [4.69, 9.17) is 0 Å². The Kier molecular flexibility index (Phi) is 3.79. The van der Waals surface area contributed by atoms with Gasteiger partial charge in [-0.25, -0.2) is 4.98 Å². The third-order valence-corrected chi connectivity index (χ3v) is 5.19. The van der Waals surface area contributed by atoms with Gasteiger partial charge in [-0.15, -0.1) is 0 Å². The predicted octanol–water partition coefficient (Wildman–Crippen LogP) is 3.95. The SMILES string of the molecule is O=C(c1[nH]c2ccccc2c1Sc1ccccn1)N1CCCC1. The van der Waals surface area contributed by atoms with E-state index in [1.807, 2.05) is 41.3 Å². The molecule has 3 heterocycles. The molecule has 0 radical (unpaired) electrons. The van der Waals surface area contributed by atoms with Crippen molar-refractivity contribution in [3.63, 3.8) is 0 Å². The zero-order valence-corrected chi connectivity index (χ0v) is 13.5. The maximum atomic E-state index is 12.9. The highest BCUT2D eigenvalue weighted by atomic mass is 32.2. The molecule has 0 unspecified atom stereocenters. The maximum absolute atomic E-state index is 12.9. The summed E-state index contributed by atoms with van der Waals surface area (Å²) >= 11 is 1.55. The summed E-state index contributed by atoms with van der Waals surface area (Å²) in [6, 6.07) is 13.9. The zero-order valence-electron chi connectivity index (χ0n) is 12.7. The average molecular weight is 323 g/mol. The molecule has 3 aromatic rings. The van der Waals surface area contributed by atoms with Crippen LogP contribution in [0.2, 0.25) is 0 Å². The summed E-state index contributed by atoms with van der Waals surface area (Å²) in [6.07, 6.45) is 3.96. The van der Waals surface area contributed by atoms with Crippen molar-refractivity contribution in [1.82, 2.24) is 14.9 Å². The molecule has 1 aliphatic heterocycles. The smallest absolute Gasteiger partial charge is 0.271 e. The molecule has 0 spiro atoms. The van der Waals surface area contributed by atoms with Gasteiger partial charge in [0.1, 0.15) is 10.7 Å². The third kappa shape index (κ3) is 2.72. The van der Waals surface area contributed by atoms with Crippen molar-refractivity contribution in [2.75, 3.05) is 13.1 Å². The lowest BCUT2D eigenvalue weighted by Gasteiger charge is -2.15. The Hall–Kier alpha value is -2.27. The van der Waals surface area contributed by atoms with Crippen LogP contribution < -0.4 is 0 Å². The van der Waals surface area contributed by atoms with Crippen molar-refractivity contribution in [3.05, 3.63) is 54.4 Å². The number of aromatic amines is 1. The van der Waals surface area contributed by atoms with Crippen LogP contribution in [0.1, 0.15) is 23.3 Å². The summed E-state index contributed by atoms with van der Waals surface area (Å²) in [6.45, 7) is 1.70. The van der Waals surface area contributed by atoms with Gasteiger partial charge < -0.3 is 9.88 Å². The van der Waals surface area contributed by atoms with Crippen LogP contribution >= 0.6 is 11.8 Å². The number of H-pyrrole nitrogens is 1. The van der Waals surface area contributed by atoms with Gasteiger partial charge in [-0.2, -0.15) is 0 Å². The normalized spacial score (nSPS) is 14.5. The first-order chi connectivity index (χ1) is 11.3. The molecular formula is C18H17N3OS. The summed E-state index contributed by atoms with van der Waals surface area (Å²) in [7, 11) is 0. The number of carbonyl (C=O) groups is 1. The summed E-state index contributed by atoms with van der Waals surface area (Å²) in [5.74, 6) is 0.0946. The van der Waals surface area contributed by atoms with Crippen molar-refractivity contribution in [1.29, 1.82) is 0 Å². The van der Waals surface area contributed by atoms with Crippen molar-refractivity contribution in [3.8, 4) is 0 Å². The molecule has 1 fully saturated rings. The van der Waals surface area contributed by atoms with E-state index in [2.05, 4.69) is 16.0 Å². The number of nitrogens with one attached hydrogen (secondary N) is 1. The number of hydrogen-bond donors (Lipinski definition) is 1. The Morgan fingerprint density at radius 1 is 1.09 bits per heavy atom. The van der Waals surface area contributed by atoms with Crippen molar-refractivity contribution >= 4 is 28.6 Å². The lowest BCUT2D eigenvalue weighted by molar-refractivity contribution is 0.0784. The maximum Gasteiger partial charge on any atom is 0.271 e. The van der Waals surface area contributed by atoms with Gasteiger partial charge in [0.2, 0.25) is 0 Å². The molecule has 4 rings (SSSR count). The van der Waals surface area contributed by atoms with Gasteiger partial charge in [0.05, 0.1) is 4.90 Å². The number of rotatable bonds is 3. The Morgan fingerprint density at radius 3 is 2.65 bits per heavy atom. The molecule has 5 heteroatoms. The van der Waals surface area contributed by atoms with Gasteiger partial charge in [-0.05, 0) is 31.0 Å². The lowest BCUT2D eigenvalue weighted by atomic mass is 10.2. The molecule has 1 N–H and O–H groups in total. The molecule has 1 amide bonds. The van der Waals surface area contributed by atoms with E-state index in [0.717, 1.165) is 46.8 Å². The number of amides is 1. The van der Waals surface area contributed by atoms with Gasteiger partial charge in [0.25, 0.3) is 5.91 Å². The minimum Gasteiger partial charge on any atom is -0.350 e. The summed E-state index contributed by atoms with van der Waals surface area (Å²) < 4.78 is 0. The van der Waals surface area contributed by atoms with Gasteiger partial charge in [-0.1, -0.05) is 36.0 Å². The topological polar surface area (TPSA) is 49.0 Å². The van der Waals surface area contributed by atoms with E-state index >= 15 is 0 Å². The Morgan fingerprint density at radius 2 is 1.87 bits per heavy atom. The fourth-order valence-corrected chi connectivity index (χ4v) is 3.96. The van der Waals surface area contributed by atoms with Crippen molar-refractivity contribution in [2.24, 2.45) is 0 Å². The monoisotopic (exact) mass is 323 g/mol. The molecule has 1 aromatic carbocycles. The van der Waals surface area contributed by atoms with Crippen LogP contribution in [-0.4, -0.2) is 33.9 Å². The fourth-order valence-electron chi connectivity index (χ4n) is 2.96. The number of likely N-dealkylation sites (tertiary alicyclic amines) is 1. The van der Waals surface area contributed by atoms with Crippen molar-refractivity contribution in [2.45, 2.75) is 22.8 Å². The molecule has 1 aliphatic rings. The highest BCUT2D eigenvalue weighted by Crippen LogP contribution is 2.36. The highest BCUT2D eigenvalue weighted by Gasteiger charge is 2.25.